The van der Waals surface area contributed by atoms with Crippen molar-refractivity contribution < 1.29 is 0 Å². The second-order valence-electron chi connectivity index (χ2n) is 15.3. The highest BCUT2D eigenvalue weighted by molar-refractivity contribution is 9.11. The second kappa shape index (κ2) is 14.2. The lowest BCUT2D eigenvalue weighted by Gasteiger charge is -2.36. The lowest BCUT2D eigenvalue weighted by molar-refractivity contribution is 0.327. The number of halogens is 1. The summed E-state index contributed by atoms with van der Waals surface area (Å²) in [6.45, 7) is 13.9. The van der Waals surface area contributed by atoms with E-state index in [2.05, 4.69) is 208 Å². The Bertz CT molecular complexity index is 2120. The third kappa shape index (κ3) is 6.66. The van der Waals surface area contributed by atoms with Crippen LogP contribution in [0.1, 0.15) is 58.2 Å². The third-order valence-corrected chi connectivity index (χ3v) is 12.1. The fourth-order valence-electron chi connectivity index (χ4n) is 8.66. The van der Waals surface area contributed by atoms with E-state index in [4.69, 9.17) is 6.42 Å². The van der Waals surface area contributed by atoms with Crippen LogP contribution in [0.2, 0.25) is 0 Å². The molecule has 7 rings (SSSR count). The summed E-state index contributed by atoms with van der Waals surface area (Å²) >= 11 is 3.67. The van der Waals surface area contributed by atoms with E-state index in [-0.39, 0.29) is 11.3 Å². The Morgan fingerprint density at radius 1 is 0.745 bits per heavy atom. The Morgan fingerprint density at radius 2 is 1.43 bits per heavy atom. The number of rotatable bonds is 7. The molecular weight excluding hydrogens is 682 g/mol. The second-order valence-corrected chi connectivity index (χ2v) is 16.2. The van der Waals surface area contributed by atoms with E-state index in [1.807, 2.05) is 0 Å². The monoisotopic (exact) mass is 729 g/mol. The Hall–Kier alpha value is -4.58. The van der Waals surface area contributed by atoms with Crippen LogP contribution in [0.4, 0.5) is 5.69 Å². The number of hydrogen-bond acceptors (Lipinski definition) is 1. The van der Waals surface area contributed by atoms with Gasteiger partial charge in [-0.25, -0.2) is 0 Å². The van der Waals surface area contributed by atoms with Crippen molar-refractivity contribution in [3.8, 4) is 23.5 Å². The maximum Gasteiger partial charge on any atom is 0.0967 e. The summed E-state index contributed by atoms with van der Waals surface area (Å²) in [7, 11) is 0. The molecule has 6 atom stereocenters. The fourth-order valence-corrected chi connectivity index (χ4v) is 9.23. The molecule has 1 nitrogen and oxygen atoms in total. The van der Waals surface area contributed by atoms with Gasteiger partial charge in [0, 0.05) is 27.2 Å². The minimum Gasteiger partial charge on any atom is -0.304 e. The van der Waals surface area contributed by atoms with E-state index in [0.29, 0.717) is 29.6 Å². The highest BCUT2D eigenvalue weighted by atomic mass is 79.9. The Morgan fingerprint density at radius 3 is 2.14 bits per heavy atom. The number of nitrogens with zero attached hydrogens (tertiary/aromatic N) is 1. The fraction of sp³-hybridized carbons (Fsp3) is 0.265. The van der Waals surface area contributed by atoms with Crippen LogP contribution >= 0.6 is 15.9 Å². The standard InChI is InChI=1S/C49H48BrN/c1-8-39(21-18-32(2)36-14-10-9-11-15-36)51(41-23-27-46-45-16-12-13-17-47(45)49(6,7)48(46)31-41)40-22-26-42(35(5)30-40)37-19-24-43(33(3)28-37)44-25-20-38(50)29-34(44)4/h1,9-31,33-35,42-44H,2-7H3/b32-18+,39-21+. The van der Waals surface area contributed by atoms with Crippen molar-refractivity contribution in [1.29, 1.82) is 0 Å². The van der Waals surface area contributed by atoms with Gasteiger partial charge in [-0.2, -0.15) is 0 Å². The number of allylic oxidation sites excluding steroid dienone is 15. The summed E-state index contributed by atoms with van der Waals surface area (Å²) < 4.78 is 1.19. The Kier molecular flexibility index (Phi) is 9.71. The number of benzene rings is 3. The highest BCUT2D eigenvalue weighted by Crippen LogP contribution is 2.50. The van der Waals surface area contributed by atoms with Crippen LogP contribution in [-0.4, -0.2) is 0 Å². The number of anilines is 1. The molecule has 0 spiro atoms. The molecule has 2 heteroatoms. The van der Waals surface area contributed by atoms with Crippen LogP contribution in [0, 0.1) is 47.9 Å². The van der Waals surface area contributed by atoms with Gasteiger partial charge in [-0.05, 0) is 99.8 Å². The molecule has 0 amide bonds. The summed E-state index contributed by atoms with van der Waals surface area (Å²) in [5.74, 6) is 5.64. The van der Waals surface area contributed by atoms with Gasteiger partial charge < -0.3 is 4.90 Å². The maximum atomic E-state index is 6.39. The van der Waals surface area contributed by atoms with Gasteiger partial charge in [-0.3, -0.25) is 0 Å². The molecule has 256 valence electrons. The predicted octanol–water partition coefficient (Wildman–Crippen LogP) is 13.0. The van der Waals surface area contributed by atoms with E-state index in [9.17, 15) is 0 Å². The van der Waals surface area contributed by atoms with Crippen LogP contribution in [0.5, 0.6) is 0 Å². The molecule has 4 aliphatic carbocycles. The van der Waals surface area contributed by atoms with E-state index in [1.165, 1.54) is 43.4 Å². The molecule has 0 heterocycles. The molecule has 0 bridgehead atoms. The van der Waals surface area contributed by atoms with E-state index >= 15 is 0 Å². The minimum atomic E-state index is -0.112. The first kappa shape index (κ1) is 34.9. The molecule has 0 saturated carbocycles. The largest absolute Gasteiger partial charge is 0.304 e. The average molecular weight is 731 g/mol. The van der Waals surface area contributed by atoms with Gasteiger partial charge in [0.15, 0.2) is 0 Å². The molecule has 0 N–H and O–H groups in total. The lowest BCUT2D eigenvalue weighted by Crippen LogP contribution is -2.28. The highest BCUT2D eigenvalue weighted by Gasteiger charge is 2.36. The lowest BCUT2D eigenvalue weighted by atomic mass is 9.70. The Labute approximate surface area is 314 Å². The summed E-state index contributed by atoms with van der Waals surface area (Å²) in [5.41, 5.74) is 12.0. The van der Waals surface area contributed by atoms with Crippen LogP contribution in [0.15, 0.2) is 161 Å². The van der Waals surface area contributed by atoms with Crippen molar-refractivity contribution in [2.75, 3.05) is 4.90 Å². The number of fused-ring (bicyclic) bond motifs is 3. The summed E-state index contributed by atoms with van der Waals surface area (Å²) in [5, 5.41) is 0. The first-order valence-corrected chi connectivity index (χ1v) is 19.2. The quantitative estimate of drug-likeness (QED) is 0.173. The normalized spacial score (nSPS) is 26.4. The predicted molar refractivity (Wildman–Crippen MR) is 222 cm³/mol. The van der Waals surface area contributed by atoms with Crippen LogP contribution < -0.4 is 4.90 Å². The van der Waals surface area contributed by atoms with Gasteiger partial charge in [0.2, 0.25) is 0 Å². The number of hydrogen-bond donors (Lipinski definition) is 0. The molecule has 0 saturated heterocycles. The van der Waals surface area contributed by atoms with E-state index in [1.54, 1.807) is 0 Å². The summed E-state index contributed by atoms with van der Waals surface area (Å²) in [4.78, 5) is 2.28. The minimum absolute atomic E-state index is 0.112. The van der Waals surface area contributed by atoms with E-state index in [0.717, 1.165) is 17.1 Å². The molecule has 0 aromatic heterocycles. The first-order chi connectivity index (χ1) is 24.6. The smallest absolute Gasteiger partial charge is 0.0967 e. The van der Waals surface area contributed by atoms with Crippen molar-refractivity contribution in [3.05, 3.63) is 178 Å². The molecule has 0 fully saturated rings. The molecule has 4 aliphatic rings. The molecule has 51 heavy (non-hydrogen) atoms. The van der Waals surface area contributed by atoms with E-state index < -0.39 is 0 Å². The maximum absolute atomic E-state index is 6.39. The van der Waals surface area contributed by atoms with Gasteiger partial charge in [-0.1, -0.05) is 172 Å². The third-order valence-electron chi connectivity index (χ3n) is 11.6. The number of terminal acetylenes is 1. The van der Waals surface area contributed by atoms with Gasteiger partial charge in [-0.15, -0.1) is 6.42 Å². The summed E-state index contributed by atoms with van der Waals surface area (Å²) in [6.07, 6.45) is 32.1. The van der Waals surface area contributed by atoms with Crippen molar-refractivity contribution in [1.82, 2.24) is 0 Å². The molecule has 0 radical (unpaired) electrons. The van der Waals surface area contributed by atoms with Crippen molar-refractivity contribution in [2.24, 2.45) is 35.5 Å². The molecule has 3 aromatic carbocycles. The van der Waals surface area contributed by atoms with Gasteiger partial charge >= 0.3 is 0 Å². The zero-order valence-corrected chi connectivity index (χ0v) is 32.2. The first-order valence-electron chi connectivity index (χ1n) is 18.4. The Balaban J connectivity index is 1.23. The zero-order chi connectivity index (χ0) is 35.9. The van der Waals surface area contributed by atoms with Gasteiger partial charge in [0.05, 0.1) is 5.70 Å². The van der Waals surface area contributed by atoms with Crippen molar-refractivity contribution in [2.45, 2.75) is 47.0 Å². The topological polar surface area (TPSA) is 3.24 Å². The molecule has 3 aromatic rings. The van der Waals surface area contributed by atoms with Crippen LogP contribution in [0.3, 0.4) is 0 Å². The van der Waals surface area contributed by atoms with Crippen molar-refractivity contribution in [3.63, 3.8) is 0 Å². The zero-order valence-electron chi connectivity index (χ0n) is 30.6. The van der Waals surface area contributed by atoms with Gasteiger partial charge in [0.25, 0.3) is 0 Å². The van der Waals surface area contributed by atoms with Crippen molar-refractivity contribution >= 4 is 27.2 Å². The molecule has 6 unspecified atom stereocenters. The van der Waals surface area contributed by atoms with Crippen LogP contribution in [0.25, 0.3) is 16.7 Å². The summed E-state index contributed by atoms with van der Waals surface area (Å²) in [6, 6.07) is 26.2. The van der Waals surface area contributed by atoms with Gasteiger partial charge in [0.1, 0.15) is 0 Å². The molecule has 0 aliphatic heterocycles. The average Bonchev–Trinajstić information content (AvgIpc) is 3.36. The van der Waals surface area contributed by atoms with Crippen LogP contribution in [-0.2, 0) is 5.41 Å². The molecular formula is C49H48BrN. The SMILES string of the molecule is C#C/C(=C\C=C(/C)c1ccccc1)N(C1=CC(C)C(C2=CC(C)C(C3C=CC(Br)=CC3C)C=C2)C=C1)c1ccc2c(c1)C(C)(C)c1ccccc1-2.